The first-order valence-electron chi connectivity index (χ1n) is 9.80. The molecule has 0 aliphatic rings. The highest BCUT2D eigenvalue weighted by molar-refractivity contribution is 5.99. The monoisotopic (exact) mass is 393 g/mol. The van der Waals surface area contributed by atoms with Crippen LogP contribution in [0, 0.1) is 0 Å². The molecular formula is C23H27N3O3. The summed E-state index contributed by atoms with van der Waals surface area (Å²) in [7, 11) is 1.30. The Hall–Kier alpha value is -3.28. The van der Waals surface area contributed by atoms with E-state index < -0.39 is 6.09 Å². The van der Waals surface area contributed by atoms with E-state index in [0.29, 0.717) is 19.1 Å². The fourth-order valence-electron chi connectivity index (χ4n) is 3.15. The Morgan fingerprint density at radius 1 is 1.21 bits per heavy atom. The normalized spacial score (nSPS) is 12.2. The van der Waals surface area contributed by atoms with Crippen LogP contribution in [0.4, 0.5) is 4.79 Å². The minimum absolute atomic E-state index is 0.554. The molecule has 1 amide bonds. The van der Waals surface area contributed by atoms with Crippen molar-refractivity contribution in [2.45, 2.75) is 32.7 Å². The number of fused-ring (bicyclic) bond motifs is 1. The number of nitrogens with zero attached hydrogens (tertiary/aromatic N) is 2. The molecule has 1 aromatic heterocycles. The quantitative estimate of drug-likeness (QED) is 0.436. The van der Waals surface area contributed by atoms with Crippen molar-refractivity contribution in [3.63, 3.8) is 0 Å². The molecule has 0 aliphatic carbocycles. The lowest BCUT2D eigenvalue weighted by Crippen LogP contribution is -2.16. The number of hydrazone groups is 1. The van der Waals surface area contributed by atoms with Gasteiger partial charge in [0.2, 0.25) is 0 Å². The van der Waals surface area contributed by atoms with Crippen LogP contribution in [0.3, 0.4) is 0 Å². The third-order valence-corrected chi connectivity index (χ3v) is 5.03. The number of carbonyl (C=O) groups is 1. The van der Waals surface area contributed by atoms with Gasteiger partial charge < -0.3 is 14.0 Å². The van der Waals surface area contributed by atoms with Gasteiger partial charge in [-0.15, -0.1) is 0 Å². The van der Waals surface area contributed by atoms with Gasteiger partial charge in [0, 0.05) is 22.7 Å². The summed E-state index contributed by atoms with van der Waals surface area (Å²) >= 11 is 0. The van der Waals surface area contributed by atoms with E-state index in [0.717, 1.165) is 28.6 Å². The van der Waals surface area contributed by atoms with E-state index in [4.69, 9.17) is 4.74 Å². The first-order valence-corrected chi connectivity index (χ1v) is 9.80. The number of benzene rings is 2. The van der Waals surface area contributed by atoms with Crippen molar-refractivity contribution >= 4 is 23.2 Å². The molecule has 0 aliphatic heterocycles. The molecule has 0 radical (unpaired) electrons. The molecule has 3 aromatic rings. The van der Waals surface area contributed by atoms with E-state index in [2.05, 4.69) is 51.9 Å². The lowest BCUT2D eigenvalue weighted by Gasteiger charge is -2.11. The third-order valence-electron chi connectivity index (χ3n) is 5.03. The van der Waals surface area contributed by atoms with Gasteiger partial charge in [-0.05, 0) is 36.1 Å². The number of rotatable bonds is 8. The summed E-state index contributed by atoms with van der Waals surface area (Å²) in [6, 6.07) is 16.4. The molecular weight excluding hydrogens is 366 g/mol. The van der Waals surface area contributed by atoms with Crippen LogP contribution in [0.15, 0.2) is 59.8 Å². The number of aromatic nitrogens is 1. The number of methoxy groups -OCH3 is 1. The Bertz CT molecular complexity index is 977. The lowest BCUT2D eigenvalue weighted by molar-refractivity contribution is 0.171. The predicted molar refractivity (Wildman–Crippen MR) is 116 cm³/mol. The minimum atomic E-state index is -0.599. The molecule has 0 saturated carbocycles. The molecule has 0 bridgehead atoms. The van der Waals surface area contributed by atoms with Crippen LogP contribution in [0.1, 0.15) is 37.3 Å². The molecule has 6 heteroatoms. The van der Waals surface area contributed by atoms with Crippen LogP contribution in [-0.4, -0.2) is 30.6 Å². The van der Waals surface area contributed by atoms with Crippen LogP contribution in [0.25, 0.3) is 10.9 Å². The number of amides is 1. The van der Waals surface area contributed by atoms with Crippen LogP contribution >= 0.6 is 0 Å². The van der Waals surface area contributed by atoms with Gasteiger partial charge >= 0.3 is 6.09 Å². The SMILES string of the molecule is CCC(C)c1ccc(OCCn2cc(/C=N/NC(=O)OC)c3ccccc32)cc1. The van der Waals surface area contributed by atoms with Crippen LogP contribution in [0.5, 0.6) is 5.75 Å². The summed E-state index contributed by atoms with van der Waals surface area (Å²) in [6.07, 6.45) is 4.15. The highest BCUT2D eigenvalue weighted by Gasteiger charge is 2.07. The number of carbonyl (C=O) groups excluding carboxylic acids is 1. The van der Waals surface area contributed by atoms with E-state index in [9.17, 15) is 4.79 Å². The average Bonchev–Trinajstić information content (AvgIpc) is 3.11. The van der Waals surface area contributed by atoms with Crippen molar-refractivity contribution in [1.82, 2.24) is 9.99 Å². The van der Waals surface area contributed by atoms with Gasteiger partial charge in [-0.25, -0.2) is 10.2 Å². The van der Waals surface area contributed by atoms with Gasteiger partial charge in [0.15, 0.2) is 0 Å². The largest absolute Gasteiger partial charge is 0.492 e. The van der Waals surface area contributed by atoms with Gasteiger partial charge in [0.1, 0.15) is 12.4 Å². The molecule has 0 saturated heterocycles. The summed E-state index contributed by atoms with van der Waals surface area (Å²) in [4.78, 5) is 11.2. The van der Waals surface area contributed by atoms with Crippen LogP contribution in [-0.2, 0) is 11.3 Å². The Balaban J connectivity index is 1.66. The maximum Gasteiger partial charge on any atom is 0.427 e. The van der Waals surface area contributed by atoms with Crippen LogP contribution < -0.4 is 10.2 Å². The van der Waals surface area contributed by atoms with Gasteiger partial charge in [-0.3, -0.25) is 0 Å². The number of ether oxygens (including phenoxy) is 2. The smallest absolute Gasteiger partial charge is 0.427 e. The number of nitrogens with one attached hydrogen (secondary N) is 1. The molecule has 0 fully saturated rings. The molecule has 152 valence electrons. The Morgan fingerprint density at radius 3 is 2.69 bits per heavy atom. The molecule has 1 unspecified atom stereocenters. The molecule has 1 atom stereocenters. The first kappa shape index (κ1) is 20.5. The summed E-state index contributed by atoms with van der Waals surface area (Å²) in [5, 5.41) is 5.00. The number of para-hydroxylation sites is 1. The second-order valence-electron chi connectivity index (χ2n) is 6.88. The van der Waals surface area contributed by atoms with Gasteiger partial charge in [0.25, 0.3) is 0 Å². The van der Waals surface area contributed by atoms with Crippen molar-refractivity contribution in [2.24, 2.45) is 5.10 Å². The van der Waals surface area contributed by atoms with Gasteiger partial charge in [0.05, 0.1) is 19.9 Å². The van der Waals surface area contributed by atoms with Crippen molar-refractivity contribution in [3.8, 4) is 5.75 Å². The Kier molecular flexibility index (Phi) is 6.89. The second kappa shape index (κ2) is 9.78. The molecule has 6 nitrogen and oxygen atoms in total. The summed E-state index contributed by atoms with van der Waals surface area (Å²) in [5.41, 5.74) is 5.64. The zero-order valence-corrected chi connectivity index (χ0v) is 17.1. The standard InChI is InChI=1S/C23H27N3O3/c1-4-17(2)18-9-11-20(12-10-18)29-14-13-26-16-19(15-24-25-23(27)28-3)21-7-5-6-8-22(21)26/h5-12,15-17H,4,13-14H2,1-3H3,(H,25,27)/b24-15+. The fraction of sp³-hybridized carbons (Fsp3) is 0.304. The Morgan fingerprint density at radius 2 is 1.97 bits per heavy atom. The second-order valence-corrected chi connectivity index (χ2v) is 6.88. The average molecular weight is 393 g/mol. The predicted octanol–water partition coefficient (Wildman–Crippen LogP) is 4.92. The molecule has 1 N–H and O–H groups in total. The minimum Gasteiger partial charge on any atom is -0.492 e. The van der Waals surface area contributed by atoms with E-state index in [1.807, 2.05) is 36.5 Å². The highest BCUT2D eigenvalue weighted by atomic mass is 16.5. The zero-order valence-electron chi connectivity index (χ0n) is 17.1. The van der Waals surface area contributed by atoms with E-state index in [-0.39, 0.29) is 0 Å². The van der Waals surface area contributed by atoms with E-state index in [1.54, 1.807) is 6.21 Å². The maximum absolute atomic E-state index is 11.2. The van der Waals surface area contributed by atoms with Crippen LogP contribution in [0.2, 0.25) is 0 Å². The summed E-state index contributed by atoms with van der Waals surface area (Å²) in [6.45, 7) is 5.68. The van der Waals surface area contributed by atoms with Gasteiger partial charge in [-0.2, -0.15) is 5.10 Å². The molecule has 1 heterocycles. The summed E-state index contributed by atoms with van der Waals surface area (Å²) in [5.74, 6) is 1.43. The maximum atomic E-state index is 11.2. The zero-order chi connectivity index (χ0) is 20.6. The summed E-state index contributed by atoms with van der Waals surface area (Å²) < 4.78 is 12.6. The molecule has 2 aromatic carbocycles. The molecule has 29 heavy (non-hydrogen) atoms. The highest BCUT2D eigenvalue weighted by Crippen LogP contribution is 2.22. The van der Waals surface area contributed by atoms with E-state index >= 15 is 0 Å². The molecule has 3 rings (SSSR count). The van der Waals surface area contributed by atoms with E-state index in [1.165, 1.54) is 12.7 Å². The van der Waals surface area contributed by atoms with Crippen molar-refractivity contribution < 1.29 is 14.3 Å². The van der Waals surface area contributed by atoms with Crippen molar-refractivity contribution in [2.75, 3.05) is 13.7 Å². The first-order chi connectivity index (χ1) is 14.1. The number of hydrogen-bond donors (Lipinski definition) is 1. The fourth-order valence-corrected chi connectivity index (χ4v) is 3.15. The van der Waals surface area contributed by atoms with Gasteiger partial charge in [-0.1, -0.05) is 44.2 Å². The topological polar surface area (TPSA) is 64.8 Å². The number of hydrogen-bond acceptors (Lipinski definition) is 4. The Labute approximate surface area is 171 Å². The lowest BCUT2D eigenvalue weighted by atomic mass is 9.99. The third kappa shape index (κ3) is 5.16. The van der Waals surface area contributed by atoms with Crippen molar-refractivity contribution in [3.05, 3.63) is 65.9 Å². The van der Waals surface area contributed by atoms with Crippen molar-refractivity contribution in [1.29, 1.82) is 0 Å². The molecule has 0 spiro atoms.